The summed E-state index contributed by atoms with van der Waals surface area (Å²) in [6.45, 7) is 2.47. The van der Waals surface area contributed by atoms with Crippen LogP contribution in [0.25, 0.3) is 10.2 Å². The first-order valence-corrected chi connectivity index (χ1v) is 11.3. The summed E-state index contributed by atoms with van der Waals surface area (Å²) in [5.41, 5.74) is 1.19. The van der Waals surface area contributed by atoms with Gasteiger partial charge >= 0.3 is 0 Å². The molecule has 0 atom stereocenters. The van der Waals surface area contributed by atoms with Gasteiger partial charge in [0.25, 0.3) is 5.56 Å². The van der Waals surface area contributed by atoms with Gasteiger partial charge in [0.05, 0.1) is 11.9 Å². The SMILES string of the molecule is CCCC(=O)N(Cc1nc2sc3c(c2c(=O)[nH]1)CCCC3)C1CCCCC1. The van der Waals surface area contributed by atoms with Crippen molar-refractivity contribution in [3.05, 3.63) is 26.6 Å². The van der Waals surface area contributed by atoms with Crippen molar-refractivity contribution in [2.75, 3.05) is 0 Å². The normalized spacial score (nSPS) is 17.8. The number of carbonyl (C=O) groups excluding carboxylic acids is 1. The monoisotopic (exact) mass is 387 g/mol. The van der Waals surface area contributed by atoms with Gasteiger partial charge in [-0.1, -0.05) is 26.2 Å². The fraction of sp³-hybridized carbons (Fsp3) is 0.667. The lowest BCUT2D eigenvalue weighted by molar-refractivity contribution is -0.135. The highest BCUT2D eigenvalue weighted by atomic mass is 32.1. The van der Waals surface area contributed by atoms with Crippen LogP contribution >= 0.6 is 11.3 Å². The zero-order chi connectivity index (χ0) is 18.8. The predicted octanol–water partition coefficient (Wildman–Crippen LogP) is 4.32. The lowest BCUT2D eigenvalue weighted by Gasteiger charge is -2.34. The standard InChI is InChI=1S/C21H29N3O2S/c1-2-8-18(25)24(14-9-4-3-5-10-14)13-17-22-20(26)19-15-11-6-7-12-16(15)27-21(19)23-17/h14H,2-13H2,1H3,(H,22,23,26). The fourth-order valence-electron chi connectivity index (χ4n) is 4.62. The van der Waals surface area contributed by atoms with E-state index in [1.165, 1.54) is 36.1 Å². The van der Waals surface area contributed by atoms with E-state index in [2.05, 4.69) is 4.98 Å². The quantitative estimate of drug-likeness (QED) is 0.831. The van der Waals surface area contributed by atoms with Crippen LogP contribution in [0, 0.1) is 0 Å². The van der Waals surface area contributed by atoms with Gasteiger partial charge in [0, 0.05) is 17.3 Å². The van der Waals surface area contributed by atoms with Crippen molar-refractivity contribution in [3.8, 4) is 0 Å². The Morgan fingerprint density at radius 2 is 1.96 bits per heavy atom. The molecular weight excluding hydrogens is 358 g/mol. The van der Waals surface area contributed by atoms with Crippen LogP contribution in [0.2, 0.25) is 0 Å². The van der Waals surface area contributed by atoms with Gasteiger partial charge in [0.1, 0.15) is 10.7 Å². The number of amides is 1. The van der Waals surface area contributed by atoms with E-state index >= 15 is 0 Å². The molecule has 0 saturated heterocycles. The van der Waals surface area contributed by atoms with Crippen molar-refractivity contribution >= 4 is 27.5 Å². The van der Waals surface area contributed by atoms with E-state index in [-0.39, 0.29) is 17.5 Å². The molecule has 0 unspecified atom stereocenters. The molecule has 1 saturated carbocycles. The molecular formula is C21H29N3O2S. The molecule has 0 aromatic carbocycles. The van der Waals surface area contributed by atoms with Crippen LogP contribution < -0.4 is 5.56 Å². The number of H-pyrrole nitrogens is 1. The minimum Gasteiger partial charge on any atom is -0.332 e. The van der Waals surface area contributed by atoms with E-state index in [1.807, 2.05) is 11.8 Å². The van der Waals surface area contributed by atoms with Gasteiger partial charge in [0.2, 0.25) is 5.91 Å². The number of carbonyl (C=O) groups is 1. The molecule has 2 aliphatic rings. The number of aryl methyl sites for hydroxylation is 2. The number of hydrogen-bond acceptors (Lipinski definition) is 4. The zero-order valence-corrected chi connectivity index (χ0v) is 17.0. The van der Waals surface area contributed by atoms with Crippen molar-refractivity contribution in [3.63, 3.8) is 0 Å². The van der Waals surface area contributed by atoms with E-state index < -0.39 is 0 Å². The molecule has 2 aliphatic carbocycles. The smallest absolute Gasteiger partial charge is 0.259 e. The Labute approximate surface area is 164 Å². The third-order valence-electron chi connectivity index (χ3n) is 5.99. The molecule has 1 amide bonds. The summed E-state index contributed by atoms with van der Waals surface area (Å²) >= 11 is 1.67. The molecule has 0 bridgehead atoms. The Kier molecular flexibility index (Phi) is 5.62. The summed E-state index contributed by atoms with van der Waals surface area (Å²) in [5.74, 6) is 0.832. The second-order valence-corrected chi connectivity index (χ2v) is 9.05. The van der Waals surface area contributed by atoms with E-state index in [0.29, 0.717) is 18.8 Å². The van der Waals surface area contributed by atoms with Crippen LogP contribution in [-0.4, -0.2) is 26.8 Å². The number of rotatable bonds is 5. The van der Waals surface area contributed by atoms with Gasteiger partial charge in [-0.2, -0.15) is 0 Å². The minimum atomic E-state index is -0.0269. The van der Waals surface area contributed by atoms with Crippen LogP contribution in [0.3, 0.4) is 0 Å². The van der Waals surface area contributed by atoms with E-state index in [9.17, 15) is 9.59 Å². The molecule has 1 fully saturated rings. The highest BCUT2D eigenvalue weighted by Crippen LogP contribution is 2.33. The second kappa shape index (κ2) is 8.13. The first kappa shape index (κ1) is 18.7. The maximum Gasteiger partial charge on any atom is 0.259 e. The van der Waals surface area contributed by atoms with Crippen LogP contribution in [-0.2, 0) is 24.2 Å². The van der Waals surface area contributed by atoms with Gasteiger partial charge in [-0.25, -0.2) is 4.98 Å². The Morgan fingerprint density at radius 3 is 2.74 bits per heavy atom. The molecule has 2 heterocycles. The third kappa shape index (κ3) is 3.82. The maximum atomic E-state index is 12.8. The highest BCUT2D eigenvalue weighted by Gasteiger charge is 2.26. The molecule has 1 N–H and O–H groups in total. The Bertz CT molecular complexity index is 879. The number of fused-ring (bicyclic) bond motifs is 3. The zero-order valence-electron chi connectivity index (χ0n) is 16.2. The summed E-state index contributed by atoms with van der Waals surface area (Å²) in [5, 5.41) is 0.794. The molecule has 0 spiro atoms. The van der Waals surface area contributed by atoms with Crippen LogP contribution in [0.15, 0.2) is 4.79 Å². The average Bonchev–Trinajstić information content (AvgIpc) is 3.05. The number of aromatic nitrogens is 2. The Balaban J connectivity index is 1.65. The predicted molar refractivity (Wildman–Crippen MR) is 109 cm³/mol. The molecule has 0 radical (unpaired) electrons. The van der Waals surface area contributed by atoms with Gasteiger partial charge < -0.3 is 9.88 Å². The molecule has 2 aromatic rings. The second-order valence-electron chi connectivity index (χ2n) is 7.97. The molecule has 6 heteroatoms. The molecule has 146 valence electrons. The van der Waals surface area contributed by atoms with E-state index in [0.717, 1.165) is 48.7 Å². The number of hydrogen-bond donors (Lipinski definition) is 1. The van der Waals surface area contributed by atoms with Crippen molar-refractivity contribution < 1.29 is 4.79 Å². The van der Waals surface area contributed by atoms with Crippen molar-refractivity contribution in [2.24, 2.45) is 0 Å². The van der Waals surface area contributed by atoms with Crippen molar-refractivity contribution in [1.29, 1.82) is 0 Å². The Hall–Kier alpha value is -1.69. The van der Waals surface area contributed by atoms with Crippen LogP contribution in [0.4, 0.5) is 0 Å². The number of thiophene rings is 1. The van der Waals surface area contributed by atoms with Gasteiger partial charge in [-0.05, 0) is 50.5 Å². The van der Waals surface area contributed by atoms with Gasteiger partial charge in [-0.3, -0.25) is 9.59 Å². The third-order valence-corrected chi connectivity index (χ3v) is 7.18. The summed E-state index contributed by atoms with van der Waals surface area (Å²) in [6.07, 6.45) is 11.6. The van der Waals surface area contributed by atoms with Gasteiger partial charge in [0.15, 0.2) is 0 Å². The largest absolute Gasteiger partial charge is 0.332 e. The fourth-order valence-corrected chi connectivity index (χ4v) is 5.90. The number of nitrogens with zero attached hydrogens (tertiary/aromatic N) is 2. The average molecular weight is 388 g/mol. The van der Waals surface area contributed by atoms with Crippen molar-refractivity contribution in [1.82, 2.24) is 14.9 Å². The van der Waals surface area contributed by atoms with Crippen LogP contribution in [0.5, 0.6) is 0 Å². The molecule has 5 nitrogen and oxygen atoms in total. The van der Waals surface area contributed by atoms with Gasteiger partial charge in [-0.15, -0.1) is 11.3 Å². The first-order valence-electron chi connectivity index (χ1n) is 10.5. The number of nitrogens with one attached hydrogen (secondary N) is 1. The van der Waals surface area contributed by atoms with E-state index in [1.54, 1.807) is 11.3 Å². The summed E-state index contributed by atoms with van der Waals surface area (Å²) in [7, 11) is 0. The van der Waals surface area contributed by atoms with E-state index in [4.69, 9.17) is 4.98 Å². The van der Waals surface area contributed by atoms with Crippen LogP contribution in [0.1, 0.15) is 81.0 Å². The molecule has 2 aromatic heterocycles. The molecule has 0 aliphatic heterocycles. The topological polar surface area (TPSA) is 66.1 Å². The summed E-state index contributed by atoms with van der Waals surface area (Å²) in [4.78, 5) is 37.5. The Morgan fingerprint density at radius 1 is 1.19 bits per heavy atom. The molecule has 4 rings (SSSR count). The number of aromatic amines is 1. The summed E-state index contributed by atoms with van der Waals surface area (Å²) < 4.78 is 0. The highest BCUT2D eigenvalue weighted by molar-refractivity contribution is 7.18. The summed E-state index contributed by atoms with van der Waals surface area (Å²) in [6, 6.07) is 0.287. The maximum absolute atomic E-state index is 12.8. The lowest BCUT2D eigenvalue weighted by Crippen LogP contribution is -2.41. The molecule has 27 heavy (non-hydrogen) atoms. The lowest BCUT2D eigenvalue weighted by atomic mass is 9.94. The minimum absolute atomic E-state index is 0.0269. The first-order chi connectivity index (χ1) is 13.2. The van der Waals surface area contributed by atoms with Crippen molar-refractivity contribution in [2.45, 2.75) is 90.1 Å².